The van der Waals surface area contributed by atoms with Crippen LogP contribution in [0.2, 0.25) is 0 Å². The molecule has 0 bridgehead atoms. The third-order valence-electron chi connectivity index (χ3n) is 6.57. The van der Waals surface area contributed by atoms with Crippen LogP contribution < -0.4 is 10.6 Å². The van der Waals surface area contributed by atoms with Gasteiger partial charge in [-0.05, 0) is 30.7 Å². The summed E-state index contributed by atoms with van der Waals surface area (Å²) >= 11 is 0. The van der Waals surface area contributed by atoms with Gasteiger partial charge in [0.2, 0.25) is 5.91 Å². The van der Waals surface area contributed by atoms with Gasteiger partial charge in [0.15, 0.2) is 0 Å². The monoisotopic (exact) mass is 483 g/mol. The maximum Gasteiger partial charge on any atom is 0.419 e. The zero-order valence-corrected chi connectivity index (χ0v) is 18.8. The van der Waals surface area contributed by atoms with E-state index in [0.29, 0.717) is 11.2 Å². The van der Waals surface area contributed by atoms with Crippen LogP contribution in [0.25, 0.3) is 10.9 Å². The maximum absolute atomic E-state index is 13.9. The number of pyridine rings is 1. The summed E-state index contributed by atoms with van der Waals surface area (Å²) in [5.41, 5.74) is 6.18. The fourth-order valence-corrected chi connectivity index (χ4v) is 4.81. The summed E-state index contributed by atoms with van der Waals surface area (Å²) in [6.45, 7) is 5.31. The number of piperazine rings is 1. The lowest BCUT2D eigenvalue weighted by molar-refractivity contribution is -0.141. The van der Waals surface area contributed by atoms with Gasteiger partial charge in [-0.1, -0.05) is 24.8 Å². The van der Waals surface area contributed by atoms with Gasteiger partial charge in [0.1, 0.15) is 24.1 Å². The molecule has 5 rings (SSSR count). The molecule has 2 fully saturated rings. The molecule has 0 saturated carbocycles. The Morgan fingerprint density at radius 3 is 2.57 bits per heavy atom. The van der Waals surface area contributed by atoms with Gasteiger partial charge in [-0.25, -0.2) is 15.0 Å². The van der Waals surface area contributed by atoms with Crippen molar-refractivity contribution in [3.05, 3.63) is 66.6 Å². The van der Waals surface area contributed by atoms with Gasteiger partial charge < -0.3 is 15.5 Å². The van der Waals surface area contributed by atoms with Gasteiger partial charge in [0.25, 0.3) is 0 Å². The summed E-state index contributed by atoms with van der Waals surface area (Å²) in [4.78, 5) is 31.4. The molecule has 8 nitrogen and oxygen atoms in total. The highest BCUT2D eigenvalue weighted by Gasteiger charge is 2.45. The van der Waals surface area contributed by atoms with Gasteiger partial charge in [-0.2, -0.15) is 13.2 Å². The van der Waals surface area contributed by atoms with Crippen molar-refractivity contribution in [2.75, 3.05) is 36.8 Å². The van der Waals surface area contributed by atoms with Gasteiger partial charge >= 0.3 is 6.18 Å². The number of amides is 1. The van der Waals surface area contributed by atoms with Crippen molar-refractivity contribution < 1.29 is 18.0 Å². The van der Waals surface area contributed by atoms with Gasteiger partial charge in [0, 0.05) is 25.0 Å². The Kier molecular flexibility index (Phi) is 5.79. The molecule has 4 heterocycles. The highest BCUT2D eigenvalue weighted by atomic mass is 19.4. The van der Waals surface area contributed by atoms with E-state index in [4.69, 9.17) is 5.73 Å². The Labute approximate surface area is 199 Å². The molecule has 3 aromatic rings. The van der Waals surface area contributed by atoms with E-state index in [-0.39, 0.29) is 30.6 Å². The number of hydrogen-bond donors (Lipinski definition) is 1. The SMILES string of the molecule is C=CC(=O)N1C(c2ncnc3ccccc23)CN(c2nc(N)ccc2C(F)(F)F)CC1N1CCC1. The number of benzene rings is 1. The molecule has 0 aliphatic carbocycles. The predicted octanol–water partition coefficient (Wildman–Crippen LogP) is 3.23. The molecular formula is C24H24F3N7O. The molecule has 11 heteroatoms. The summed E-state index contributed by atoms with van der Waals surface area (Å²) in [5.74, 6) is -0.579. The third-order valence-corrected chi connectivity index (χ3v) is 6.57. The highest BCUT2D eigenvalue weighted by Crippen LogP contribution is 2.40. The van der Waals surface area contributed by atoms with Gasteiger partial charge in [-0.3, -0.25) is 9.69 Å². The second-order valence-electron chi connectivity index (χ2n) is 8.62. The summed E-state index contributed by atoms with van der Waals surface area (Å²) in [5, 5.41) is 0.725. The molecule has 0 spiro atoms. The second-order valence-corrected chi connectivity index (χ2v) is 8.62. The fourth-order valence-electron chi connectivity index (χ4n) is 4.81. The Morgan fingerprint density at radius 2 is 1.89 bits per heavy atom. The predicted molar refractivity (Wildman–Crippen MR) is 125 cm³/mol. The van der Waals surface area contributed by atoms with Crippen LogP contribution in [0.3, 0.4) is 0 Å². The minimum absolute atomic E-state index is 0.0119. The van der Waals surface area contributed by atoms with Crippen molar-refractivity contribution in [1.82, 2.24) is 24.8 Å². The molecule has 0 radical (unpaired) electrons. The summed E-state index contributed by atoms with van der Waals surface area (Å²) < 4.78 is 41.8. The number of rotatable bonds is 4. The molecule has 182 valence electrons. The summed E-state index contributed by atoms with van der Waals surface area (Å²) in [6, 6.07) is 8.78. The van der Waals surface area contributed by atoms with E-state index in [1.165, 1.54) is 12.4 Å². The van der Waals surface area contributed by atoms with E-state index in [9.17, 15) is 18.0 Å². The largest absolute Gasteiger partial charge is 0.419 e. The van der Waals surface area contributed by atoms with Crippen molar-refractivity contribution in [2.45, 2.75) is 24.8 Å². The smallest absolute Gasteiger partial charge is 0.384 e. The molecule has 1 aromatic carbocycles. The molecule has 2 unspecified atom stereocenters. The number of carbonyl (C=O) groups excluding carboxylic acids is 1. The first kappa shape index (κ1) is 23.0. The average molecular weight is 483 g/mol. The van der Waals surface area contributed by atoms with Crippen molar-refractivity contribution >= 4 is 28.4 Å². The van der Waals surface area contributed by atoms with E-state index < -0.39 is 23.9 Å². The zero-order chi connectivity index (χ0) is 24.7. The number of anilines is 2. The Morgan fingerprint density at radius 1 is 1.11 bits per heavy atom. The maximum atomic E-state index is 13.9. The highest BCUT2D eigenvalue weighted by molar-refractivity contribution is 5.89. The molecule has 35 heavy (non-hydrogen) atoms. The van der Waals surface area contributed by atoms with E-state index in [1.807, 2.05) is 24.3 Å². The van der Waals surface area contributed by atoms with Crippen molar-refractivity contribution in [3.8, 4) is 0 Å². The lowest BCUT2D eigenvalue weighted by atomic mass is 9.99. The Balaban J connectivity index is 1.67. The van der Waals surface area contributed by atoms with Crippen LogP contribution in [0.15, 0.2) is 55.4 Å². The van der Waals surface area contributed by atoms with Gasteiger partial charge in [-0.15, -0.1) is 0 Å². The molecule has 2 N–H and O–H groups in total. The van der Waals surface area contributed by atoms with Crippen LogP contribution in [0.1, 0.15) is 23.7 Å². The number of nitrogens with two attached hydrogens (primary N) is 1. The molecule has 1 amide bonds. The first-order valence-electron chi connectivity index (χ1n) is 11.2. The Bertz CT molecular complexity index is 1270. The number of halogens is 3. The van der Waals surface area contributed by atoms with Crippen LogP contribution in [0.5, 0.6) is 0 Å². The standard InChI is InChI=1S/C24H24F3N7O/c1-2-21(35)34-18(22-15-6-3-4-7-17(15)29-14-30-22)12-33(13-20(34)32-10-5-11-32)23-16(24(25,26)27)8-9-19(28)31-23/h2-4,6-9,14,18,20H,1,5,10-13H2,(H2,28,31). The molecule has 2 saturated heterocycles. The lowest BCUT2D eigenvalue weighted by Gasteiger charge is -2.52. The second kappa shape index (κ2) is 8.81. The minimum Gasteiger partial charge on any atom is -0.384 e. The fraction of sp³-hybridized carbons (Fsp3) is 0.333. The number of nitrogen functional groups attached to an aromatic ring is 1. The van der Waals surface area contributed by atoms with E-state index >= 15 is 0 Å². The first-order valence-corrected chi connectivity index (χ1v) is 11.2. The molecule has 2 aromatic heterocycles. The quantitative estimate of drug-likeness (QED) is 0.570. The average Bonchev–Trinajstić information content (AvgIpc) is 2.81. The molecular weight excluding hydrogens is 459 g/mol. The first-order chi connectivity index (χ1) is 16.8. The third kappa shape index (κ3) is 4.16. The van der Waals surface area contributed by atoms with E-state index in [2.05, 4.69) is 26.4 Å². The number of fused-ring (bicyclic) bond motifs is 1. The van der Waals surface area contributed by atoms with Gasteiger partial charge in [0.05, 0.1) is 29.4 Å². The van der Waals surface area contributed by atoms with Crippen LogP contribution >= 0.6 is 0 Å². The normalized spacial score (nSPS) is 21.1. The summed E-state index contributed by atoms with van der Waals surface area (Å²) in [6.07, 6.45) is -1.53. The Hall–Kier alpha value is -3.73. The molecule has 2 aliphatic rings. The van der Waals surface area contributed by atoms with Crippen molar-refractivity contribution in [3.63, 3.8) is 0 Å². The number of aromatic nitrogens is 3. The van der Waals surface area contributed by atoms with Crippen LogP contribution in [0.4, 0.5) is 24.8 Å². The summed E-state index contributed by atoms with van der Waals surface area (Å²) in [7, 11) is 0. The van der Waals surface area contributed by atoms with Crippen molar-refractivity contribution in [2.24, 2.45) is 0 Å². The molecule has 2 aliphatic heterocycles. The van der Waals surface area contributed by atoms with E-state index in [1.54, 1.807) is 9.80 Å². The number of nitrogens with zero attached hydrogens (tertiary/aromatic N) is 6. The number of hydrogen-bond acceptors (Lipinski definition) is 7. The number of carbonyl (C=O) groups is 1. The number of para-hydroxylation sites is 1. The minimum atomic E-state index is -4.62. The number of alkyl halides is 3. The zero-order valence-electron chi connectivity index (χ0n) is 18.8. The van der Waals surface area contributed by atoms with Crippen LogP contribution in [0, 0.1) is 0 Å². The van der Waals surface area contributed by atoms with Crippen LogP contribution in [-0.2, 0) is 11.0 Å². The van der Waals surface area contributed by atoms with Crippen molar-refractivity contribution in [1.29, 1.82) is 0 Å². The van der Waals surface area contributed by atoms with E-state index in [0.717, 1.165) is 37.0 Å². The molecule has 2 atom stereocenters. The number of likely N-dealkylation sites (tertiary alicyclic amines) is 1. The lowest BCUT2D eigenvalue weighted by Crippen LogP contribution is -2.65. The topological polar surface area (TPSA) is 91.5 Å². The van der Waals surface area contributed by atoms with Crippen LogP contribution in [-0.4, -0.2) is 63.0 Å².